The Labute approximate surface area is 160 Å². The lowest BCUT2D eigenvalue weighted by molar-refractivity contribution is -0.184. The van der Waals surface area contributed by atoms with E-state index in [1.165, 1.54) is 12.1 Å². The molecule has 0 saturated carbocycles. The van der Waals surface area contributed by atoms with Gasteiger partial charge in [-0.15, -0.1) is 0 Å². The lowest BCUT2D eigenvalue weighted by Gasteiger charge is -2.30. The molecule has 0 amide bonds. The van der Waals surface area contributed by atoms with Crippen molar-refractivity contribution in [1.82, 2.24) is 4.72 Å². The summed E-state index contributed by atoms with van der Waals surface area (Å²) in [5.41, 5.74) is 0. The van der Waals surface area contributed by atoms with E-state index in [4.69, 9.17) is 21.1 Å². The second-order valence-corrected chi connectivity index (χ2v) is 8.81. The molecule has 0 aliphatic carbocycles. The van der Waals surface area contributed by atoms with Gasteiger partial charge in [0.2, 0.25) is 10.0 Å². The molecule has 1 aromatic carbocycles. The standard InChI is InChI=1S/C18H28ClNO5S/c1-3-13(2)18(16(21)8-9-17-24-10-5-11-25-17)20-26(22,23)15-7-4-6-14(19)12-15/h4,6-7,12-13,16-18,20-21H,3,5,8-11H2,1-2H3/t13-,16?,18-/m0/s1. The van der Waals surface area contributed by atoms with Crippen molar-refractivity contribution in [2.45, 2.75) is 62.9 Å². The van der Waals surface area contributed by atoms with E-state index < -0.39 is 22.2 Å². The predicted octanol–water partition coefficient (Wildman–Crippen LogP) is 2.94. The minimum atomic E-state index is -3.78. The smallest absolute Gasteiger partial charge is 0.240 e. The largest absolute Gasteiger partial charge is 0.391 e. The Kier molecular flexibility index (Phi) is 8.32. The maximum absolute atomic E-state index is 12.7. The Morgan fingerprint density at radius 1 is 1.35 bits per heavy atom. The Morgan fingerprint density at radius 2 is 2.04 bits per heavy atom. The molecule has 1 unspecified atom stereocenters. The summed E-state index contributed by atoms with van der Waals surface area (Å²) in [5.74, 6) is -0.0350. The van der Waals surface area contributed by atoms with Crippen molar-refractivity contribution in [2.24, 2.45) is 5.92 Å². The number of aliphatic hydroxyl groups is 1. The summed E-state index contributed by atoms with van der Waals surface area (Å²) in [6.07, 6.45) is 1.34. The zero-order valence-electron chi connectivity index (χ0n) is 15.2. The Morgan fingerprint density at radius 3 is 2.65 bits per heavy atom. The van der Waals surface area contributed by atoms with Crippen LogP contribution in [0.25, 0.3) is 0 Å². The topological polar surface area (TPSA) is 84.9 Å². The molecule has 1 fully saturated rings. The molecule has 3 atom stereocenters. The van der Waals surface area contributed by atoms with Gasteiger partial charge in [-0.3, -0.25) is 0 Å². The van der Waals surface area contributed by atoms with E-state index in [0.29, 0.717) is 31.1 Å². The van der Waals surface area contributed by atoms with E-state index in [1.54, 1.807) is 12.1 Å². The molecule has 0 aromatic heterocycles. The van der Waals surface area contributed by atoms with Crippen LogP contribution in [0.5, 0.6) is 0 Å². The fourth-order valence-corrected chi connectivity index (χ4v) is 4.58. The number of sulfonamides is 1. The van der Waals surface area contributed by atoms with Gasteiger partial charge in [-0.1, -0.05) is 37.9 Å². The summed E-state index contributed by atoms with van der Waals surface area (Å²) in [5, 5.41) is 11.0. The van der Waals surface area contributed by atoms with Gasteiger partial charge in [0.05, 0.1) is 30.3 Å². The average Bonchev–Trinajstić information content (AvgIpc) is 2.64. The summed E-state index contributed by atoms with van der Waals surface area (Å²) in [7, 11) is -3.78. The molecule has 0 radical (unpaired) electrons. The van der Waals surface area contributed by atoms with Crippen LogP contribution in [0.1, 0.15) is 39.5 Å². The van der Waals surface area contributed by atoms with Crippen molar-refractivity contribution in [1.29, 1.82) is 0 Å². The molecule has 1 aliphatic rings. The molecule has 2 rings (SSSR count). The molecule has 1 heterocycles. The first-order chi connectivity index (χ1) is 12.3. The van der Waals surface area contributed by atoms with E-state index >= 15 is 0 Å². The average molecular weight is 406 g/mol. The van der Waals surface area contributed by atoms with Gasteiger partial charge in [-0.25, -0.2) is 13.1 Å². The van der Waals surface area contributed by atoms with Crippen LogP contribution in [0.3, 0.4) is 0 Å². The van der Waals surface area contributed by atoms with Crippen molar-refractivity contribution in [3.63, 3.8) is 0 Å². The van der Waals surface area contributed by atoms with Crippen LogP contribution in [0.15, 0.2) is 29.2 Å². The third-order valence-electron chi connectivity index (χ3n) is 4.66. The summed E-state index contributed by atoms with van der Waals surface area (Å²) >= 11 is 5.91. The van der Waals surface area contributed by atoms with Crippen molar-refractivity contribution < 1.29 is 23.0 Å². The highest BCUT2D eigenvalue weighted by atomic mass is 35.5. The highest BCUT2D eigenvalue weighted by molar-refractivity contribution is 7.89. The molecule has 1 saturated heterocycles. The van der Waals surface area contributed by atoms with Crippen LogP contribution in [0, 0.1) is 5.92 Å². The Hall–Kier alpha value is -0.700. The van der Waals surface area contributed by atoms with Gasteiger partial charge >= 0.3 is 0 Å². The van der Waals surface area contributed by atoms with Crippen molar-refractivity contribution in [2.75, 3.05) is 13.2 Å². The van der Waals surface area contributed by atoms with E-state index in [0.717, 1.165) is 12.8 Å². The van der Waals surface area contributed by atoms with Gasteiger partial charge < -0.3 is 14.6 Å². The quantitative estimate of drug-likeness (QED) is 0.659. The monoisotopic (exact) mass is 405 g/mol. The van der Waals surface area contributed by atoms with Crippen LogP contribution in [-0.4, -0.2) is 45.2 Å². The molecule has 148 valence electrons. The molecule has 2 N–H and O–H groups in total. The van der Waals surface area contributed by atoms with Gasteiger partial charge in [-0.2, -0.15) is 0 Å². The maximum atomic E-state index is 12.7. The number of hydrogen-bond donors (Lipinski definition) is 2. The minimum absolute atomic E-state index is 0.0350. The number of rotatable bonds is 9. The van der Waals surface area contributed by atoms with Crippen LogP contribution < -0.4 is 4.72 Å². The van der Waals surface area contributed by atoms with Crippen molar-refractivity contribution in [3.8, 4) is 0 Å². The molecular weight excluding hydrogens is 378 g/mol. The molecule has 0 bridgehead atoms. The second-order valence-electron chi connectivity index (χ2n) is 6.66. The van der Waals surface area contributed by atoms with Gasteiger partial charge in [0.25, 0.3) is 0 Å². The zero-order chi connectivity index (χ0) is 19.2. The summed E-state index contributed by atoms with van der Waals surface area (Å²) in [4.78, 5) is 0.0875. The molecule has 1 aromatic rings. The first kappa shape index (κ1) is 21.6. The summed E-state index contributed by atoms with van der Waals surface area (Å²) in [6.45, 7) is 5.18. The fraction of sp³-hybridized carbons (Fsp3) is 0.667. The SMILES string of the molecule is CC[C@H](C)[C@H](NS(=O)(=O)c1cccc(Cl)c1)C(O)CCC1OCCCO1. The van der Waals surface area contributed by atoms with E-state index in [1.807, 2.05) is 13.8 Å². The van der Waals surface area contributed by atoms with E-state index in [2.05, 4.69) is 4.72 Å². The lowest BCUT2D eigenvalue weighted by Crippen LogP contribution is -2.47. The Balaban J connectivity index is 2.05. The minimum Gasteiger partial charge on any atom is -0.391 e. The van der Waals surface area contributed by atoms with Gasteiger partial charge in [0, 0.05) is 11.4 Å². The van der Waals surface area contributed by atoms with E-state index in [9.17, 15) is 13.5 Å². The molecule has 8 heteroatoms. The first-order valence-corrected chi connectivity index (χ1v) is 10.9. The van der Waals surface area contributed by atoms with Crippen LogP contribution in [-0.2, 0) is 19.5 Å². The van der Waals surface area contributed by atoms with Crippen LogP contribution in [0.2, 0.25) is 5.02 Å². The third-order valence-corrected chi connectivity index (χ3v) is 6.36. The molecular formula is C18H28ClNO5S. The molecule has 1 aliphatic heterocycles. The van der Waals surface area contributed by atoms with E-state index in [-0.39, 0.29) is 17.1 Å². The molecule has 0 spiro atoms. The second kappa shape index (κ2) is 10.0. The molecule has 6 nitrogen and oxygen atoms in total. The first-order valence-electron chi connectivity index (χ1n) is 9.02. The number of benzene rings is 1. The number of ether oxygens (including phenoxy) is 2. The fourth-order valence-electron chi connectivity index (χ4n) is 2.90. The van der Waals surface area contributed by atoms with Gasteiger partial charge in [-0.05, 0) is 37.0 Å². The van der Waals surface area contributed by atoms with Crippen LogP contribution in [0.4, 0.5) is 0 Å². The number of hydrogen-bond acceptors (Lipinski definition) is 5. The zero-order valence-corrected chi connectivity index (χ0v) is 16.8. The predicted molar refractivity (Wildman–Crippen MR) is 101 cm³/mol. The lowest BCUT2D eigenvalue weighted by atomic mass is 9.93. The number of nitrogens with one attached hydrogen (secondary N) is 1. The normalized spacial score (nSPS) is 19.8. The number of aliphatic hydroxyl groups excluding tert-OH is 1. The molecule has 26 heavy (non-hydrogen) atoms. The highest BCUT2D eigenvalue weighted by Crippen LogP contribution is 2.22. The highest BCUT2D eigenvalue weighted by Gasteiger charge is 2.30. The Bertz CT molecular complexity index is 663. The summed E-state index contributed by atoms with van der Waals surface area (Å²) < 4.78 is 39.0. The third kappa shape index (κ3) is 6.18. The van der Waals surface area contributed by atoms with Crippen molar-refractivity contribution in [3.05, 3.63) is 29.3 Å². The summed E-state index contributed by atoms with van der Waals surface area (Å²) in [6, 6.07) is 5.48. The van der Waals surface area contributed by atoms with Crippen LogP contribution >= 0.6 is 11.6 Å². The number of halogens is 1. The van der Waals surface area contributed by atoms with Gasteiger partial charge in [0.1, 0.15) is 0 Å². The van der Waals surface area contributed by atoms with Gasteiger partial charge in [0.15, 0.2) is 6.29 Å². The maximum Gasteiger partial charge on any atom is 0.240 e. The van der Waals surface area contributed by atoms with Crippen molar-refractivity contribution >= 4 is 21.6 Å².